The predicted molar refractivity (Wildman–Crippen MR) is 120 cm³/mol. The van der Waals surface area contributed by atoms with Gasteiger partial charge < -0.3 is 14.8 Å². The van der Waals surface area contributed by atoms with Crippen LogP contribution in [0.3, 0.4) is 0 Å². The van der Waals surface area contributed by atoms with E-state index in [1.807, 2.05) is 19.1 Å². The molecule has 1 heterocycles. The minimum absolute atomic E-state index is 0.0299. The zero-order valence-corrected chi connectivity index (χ0v) is 19.1. The van der Waals surface area contributed by atoms with Gasteiger partial charge in [0, 0.05) is 18.8 Å². The molecule has 32 heavy (non-hydrogen) atoms. The topological polar surface area (TPSA) is 102 Å². The molecule has 0 radical (unpaired) electrons. The minimum Gasteiger partial charge on any atom is -0.495 e. The molecule has 1 amide bonds. The maximum absolute atomic E-state index is 13.2. The van der Waals surface area contributed by atoms with Crippen LogP contribution in [-0.2, 0) is 19.6 Å². The molecule has 8 nitrogen and oxygen atoms in total. The number of amides is 1. The maximum atomic E-state index is 13.2. The molecule has 2 aromatic rings. The second-order valence-corrected chi connectivity index (χ2v) is 9.58. The minimum atomic E-state index is -3.84. The van der Waals surface area contributed by atoms with E-state index in [1.165, 1.54) is 29.6 Å². The number of hydrogen-bond acceptors (Lipinski definition) is 6. The van der Waals surface area contributed by atoms with Crippen molar-refractivity contribution in [1.82, 2.24) is 4.31 Å². The van der Waals surface area contributed by atoms with Crippen molar-refractivity contribution < 1.29 is 27.5 Å². The van der Waals surface area contributed by atoms with Crippen molar-refractivity contribution in [3.8, 4) is 5.75 Å². The molecular formula is C23H28N2O6S. The highest BCUT2D eigenvalue weighted by Crippen LogP contribution is 2.29. The average molecular weight is 461 g/mol. The van der Waals surface area contributed by atoms with E-state index in [1.54, 1.807) is 12.1 Å². The molecule has 0 spiro atoms. The van der Waals surface area contributed by atoms with Crippen LogP contribution >= 0.6 is 0 Å². The van der Waals surface area contributed by atoms with E-state index in [-0.39, 0.29) is 16.2 Å². The Morgan fingerprint density at radius 3 is 2.28 bits per heavy atom. The first-order valence-corrected chi connectivity index (χ1v) is 12.0. The number of carbonyl (C=O) groups is 2. The Bertz CT molecular complexity index is 1060. The Labute approximate surface area is 188 Å². The molecule has 1 N–H and O–H groups in total. The number of sulfonamides is 1. The highest BCUT2D eigenvalue weighted by molar-refractivity contribution is 7.89. The summed E-state index contributed by atoms with van der Waals surface area (Å²) >= 11 is 0. The molecule has 0 atom stereocenters. The number of methoxy groups -OCH3 is 1. The summed E-state index contributed by atoms with van der Waals surface area (Å²) in [5.74, 6) is -1.13. The van der Waals surface area contributed by atoms with Crippen LogP contribution in [0, 0.1) is 6.92 Å². The van der Waals surface area contributed by atoms with Gasteiger partial charge in [-0.15, -0.1) is 0 Å². The summed E-state index contributed by atoms with van der Waals surface area (Å²) in [6.45, 7) is 2.30. The van der Waals surface area contributed by atoms with Crippen LogP contribution in [0.5, 0.6) is 5.75 Å². The maximum Gasteiger partial charge on any atom is 0.338 e. The highest BCUT2D eigenvalue weighted by atomic mass is 32.2. The van der Waals surface area contributed by atoms with E-state index < -0.39 is 28.5 Å². The zero-order chi connectivity index (χ0) is 23.1. The van der Waals surface area contributed by atoms with Gasteiger partial charge in [-0.1, -0.05) is 30.5 Å². The molecule has 0 aliphatic carbocycles. The standard InChI is InChI=1S/C23H28N2O6S/c1-17-7-10-19(11-8-17)24-22(26)16-31-23(27)18-9-12-20(30-2)21(15-18)32(28,29)25-13-5-3-4-6-14-25/h7-12,15H,3-6,13-14,16H2,1-2H3,(H,24,26). The Hall–Kier alpha value is -2.91. The SMILES string of the molecule is COc1ccc(C(=O)OCC(=O)Nc2ccc(C)cc2)cc1S(=O)(=O)N1CCCCCC1. The molecular weight excluding hydrogens is 432 g/mol. The van der Waals surface area contributed by atoms with E-state index >= 15 is 0 Å². The Morgan fingerprint density at radius 1 is 1.00 bits per heavy atom. The number of anilines is 1. The summed E-state index contributed by atoms with van der Waals surface area (Å²) in [6.07, 6.45) is 3.55. The van der Waals surface area contributed by atoms with Gasteiger partial charge in [0.2, 0.25) is 10.0 Å². The van der Waals surface area contributed by atoms with Gasteiger partial charge in [-0.2, -0.15) is 4.31 Å². The Balaban J connectivity index is 1.71. The van der Waals surface area contributed by atoms with Crippen LogP contribution in [0.2, 0.25) is 0 Å². The first-order valence-electron chi connectivity index (χ1n) is 10.5. The molecule has 2 aromatic carbocycles. The number of benzene rings is 2. The van der Waals surface area contributed by atoms with Crippen molar-refractivity contribution in [2.45, 2.75) is 37.5 Å². The third-order valence-corrected chi connectivity index (χ3v) is 7.17. The van der Waals surface area contributed by atoms with Gasteiger partial charge in [-0.3, -0.25) is 4.79 Å². The van der Waals surface area contributed by atoms with Gasteiger partial charge in [0.25, 0.3) is 5.91 Å². The summed E-state index contributed by atoms with van der Waals surface area (Å²) in [6, 6.07) is 11.3. The van der Waals surface area contributed by atoms with Gasteiger partial charge in [-0.05, 0) is 50.1 Å². The summed E-state index contributed by atoms with van der Waals surface area (Å²) in [5.41, 5.74) is 1.68. The number of rotatable bonds is 7. The van der Waals surface area contributed by atoms with Crippen molar-refractivity contribution in [3.05, 3.63) is 53.6 Å². The smallest absolute Gasteiger partial charge is 0.338 e. The number of hydrogen-bond donors (Lipinski definition) is 1. The average Bonchev–Trinajstić information content (AvgIpc) is 3.09. The van der Waals surface area contributed by atoms with Crippen molar-refractivity contribution in [2.24, 2.45) is 0 Å². The van der Waals surface area contributed by atoms with E-state index in [2.05, 4.69) is 5.32 Å². The summed E-state index contributed by atoms with van der Waals surface area (Å²) in [4.78, 5) is 24.5. The molecule has 0 saturated carbocycles. The van der Waals surface area contributed by atoms with Crippen LogP contribution in [0.15, 0.2) is 47.4 Å². The first-order chi connectivity index (χ1) is 15.3. The molecule has 1 aliphatic rings. The molecule has 172 valence electrons. The van der Waals surface area contributed by atoms with Gasteiger partial charge in [0.1, 0.15) is 10.6 Å². The summed E-state index contributed by atoms with van der Waals surface area (Å²) in [5, 5.41) is 2.64. The highest BCUT2D eigenvalue weighted by Gasteiger charge is 2.29. The van der Waals surface area contributed by atoms with E-state index in [4.69, 9.17) is 9.47 Å². The number of ether oxygens (including phenoxy) is 2. The quantitative estimate of drug-likeness (QED) is 0.636. The van der Waals surface area contributed by atoms with Crippen molar-refractivity contribution in [3.63, 3.8) is 0 Å². The van der Waals surface area contributed by atoms with Crippen molar-refractivity contribution in [1.29, 1.82) is 0 Å². The number of aryl methyl sites for hydroxylation is 1. The van der Waals surface area contributed by atoms with Crippen molar-refractivity contribution >= 4 is 27.6 Å². The summed E-state index contributed by atoms with van der Waals surface area (Å²) < 4.78 is 38.2. The van der Waals surface area contributed by atoms with Gasteiger partial charge in [-0.25, -0.2) is 13.2 Å². The van der Waals surface area contributed by atoms with Crippen LogP contribution in [-0.4, -0.2) is 51.4 Å². The fraction of sp³-hybridized carbons (Fsp3) is 0.391. The lowest BCUT2D eigenvalue weighted by Gasteiger charge is -2.21. The fourth-order valence-electron chi connectivity index (χ4n) is 3.47. The molecule has 9 heteroatoms. The lowest BCUT2D eigenvalue weighted by Crippen LogP contribution is -2.32. The number of carbonyl (C=O) groups excluding carboxylic acids is 2. The van der Waals surface area contributed by atoms with Gasteiger partial charge >= 0.3 is 5.97 Å². The monoisotopic (exact) mass is 460 g/mol. The molecule has 0 bridgehead atoms. The Kier molecular flexibility index (Phi) is 7.87. The molecule has 0 unspecified atom stereocenters. The van der Waals surface area contributed by atoms with Crippen LogP contribution in [0.4, 0.5) is 5.69 Å². The zero-order valence-electron chi connectivity index (χ0n) is 18.3. The second kappa shape index (κ2) is 10.6. The van der Waals surface area contributed by atoms with E-state index in [9.17, 15) is 18.0 Å². The molecule has 0 aromatic heterocycles. The van der Waals surface area contributed by atoms with Gasteiger partial charge in [0.15, 0.2) is 6.61 Å². The predicted octanol–water partition coefficient (Wildman–Crippen LogP) is 3.36. The second-order valence-electron chi connectivity index (χ2n) is 7.67. The van der Waals surface area contributed by atoms with Crippen molar-refractivity contribution in [2.75, 3.05) is 32.1 Å². The number of esters is 1. The molecule has 1 fully saturated rings. The normalized spacial score (nSPS) is 14.9. The third-order valence-electron chi connectivity index (χ3n) is 5.25. The lowest BCUT2D eigenvalue weighted by atomic mass is 10.2. The largest absolute Gasteiger partial charge is 0.495 e. The molecule has 1 saturated heterocycles. The van der Waals surface area contributed by atoms with Crippen LogP contribution in [0.1, 0.15) is 41.6 Å². The summed E-state index contributed by atoms with van der Waals surface area (Å²) in [7, 11) is -2.46. The number of nitrogens with one attached hydrogen (secondary N) is 1. The van der Waals surface area contributed by atoms with E-state index in [0.717, 1.165) is 31.2 Å². The lowest BCUT2D eigenvalue weighted by molar-refractivity contribution is -0.119. The van der Waals surface area contributed by atoms with Crippen LogP contribution < -0.4 is 10.1 Å². The fourth-order valence-corrected chi connectivity index (χ4v) is 5.17. The first kappa shape index (κ1) is 23.7. The molecule has 3 rings (SSSR count). The van der Waals surface area contributed by atoms with Gasteiger partial charge in [0.05, 0.1) is 12.7 Å². The van der Waals surface area contributed by atoms with Crippen LogP contribution in [0.25, 0.3) is 0 Å². The Morgan fingerprint density at radius 2 is 1.66 bits per heavy atom. The number of nitrogens with zero attached hydrogens (tertiary/aromatic N) is 1. The molecule has 1 aliphatic heterocycles. The van der Waals surface area contributed by atoms with E-state index in [0.29, 0.717) is 18.8 Å². The third kappa shape index (κ3) is 5.86.